The number of carboxylic acids is 1. The van der Waals surface area contributed by atoms with Crippen LogP contribution in [0.3, 0.4) is 0 Å². The van der Waals surface area contributed by atoms with Gasteiger partial charge in [0.05, 0.1) is 17.5 Å². The molecular weight excluding hydrogens is 440 g/mol. The number of benzene rings is 2. The van der Waals surface area contributed by atoms with E-state index in [0.29, 0.717) is 5.82 Å². The van der Waals surface area contributed by atoms with Crippen molar-refractivity contribution < 1.29 is 14.3 Å². The largest absolute Gasteiger partial charge is 0.478 e. The van der Waals surface area contributed by atoms with Gasteiger partial charge in [-0.1, -0.05) is 18.2 Å². The minimum Gasteiger partial charge on any atom is -0.478 e. The summed E-state index contributed by atoms with van der Waals surface area (Å²) >= 11 is 0. The summed E-state index contributed by atoms with van der Waals surface area (Å²) < 4.78 is 5.57. The molecule has 1 atom stereocenters. The monoisotopic (exact) mass is 464 g/mol. The number of aromatic carboxylic acids is 1. The fourth-order valence-electron chi connectivity index (χ4n) is 4.11. The van der Waals surface area contributed by atoms with E-state index in [0.717, 1.165) is 50.3 Å². The zero-order valence-electron chi connectivity index (χ0n) is 19.6. The molecule has 0 aliphatic heterocycles. The van der Waals surface area contributed by atoms with Gasteiger partial charge in [-0.25, -0.2) is 14.8 Å². The van der Waals surface area contributed by atoms with Gasteiger partial charge in [0.1, 0.15) is 17.2 Å². The van der Waals surface area contributed by atoms with E-state index < -0.39 is 5.97 Å². The number of carbonyl (C=O) groups is 1. The smallest absolute Gasteiger partial charge is 0.337 e. The number of hydrogen-bond acceptors (Lipinski definition) is 6. The molecule has 0 aliphatic carbocycles. The molecule has 0 saturated carbocycles. The predicted octanol–water partition coefficient (Wildman–Crippen LogP) is 6.44. The summed E-state index contributed by atoms with van der Waals surface area (Å²) in [6, 6.07) is 17.5. The second kappa shape index (κ2) is 9.02. The molecule has 5 rings (SSSR count). The molecule has 7 nitrogen and oxygen atoms in total. The molecule has 2 N–H and O–H groups in total. The van der Waals surface area contributed by atoms with Crippen molar-refractivity contribution in [1.29, 1.82) is 0 Å². The van der Waals surface area contributed by atoms with Crippen LogP contribution in [0.5, 0.6) is 0 Å². The first-order chi connectivity index (χ1) is 16.9. The molecule has 0 radical (unpaired) electrons. The Labute approximate surface area is 202 Å². The Morgan fingerprint density at radius 1 is 0.971 bits per heavy atom. The molecule has 0 saturated heterocycles. The number of nitrogens with one attached hydrogen (secondary N) is 1. The number of aromatic nitrogens is 3. The summed E-state index contributed by atoms with van der Waals surface area (Å²) in [5.74, 6) is 0.401. The summed E-state index contributed by atoms with van der Waals surface area (Å²) in [4.78, 5) is 24.6. The van der Waals surface area contributed by atoms with E-state index in [2.05, 4.69) is 33.3 Å². The molecule has 35 heavy (non-hydrogen) atoms. The third-order valence-corrected chi connectivity index (χ3v) is 5.97. The number of pyridine rings is 1. The Hall–Kier alpha value is -4.52. The van der Waals surface area contributed by atoms with Gasteiger partial charge in [0.25, 0.3) is 0 Å². The topological polar surface area (TPSA) is 101 Å². The number of carboxylic acid groups (broad SMARTS) is 1. The van der Waals surface area contributed by atoms with Crippen molar-refractivity contribution in [2.75, 3.05) is 5.32 Å². The molecular formula is C28H24N4O3. The highest BCUT2D eigenvalue weighted by Crippen LogP contribution is 2.29. The Balaban J connectivity index is 1.42. The van der Waals surface area contributed by atoms with Crippen LogP contribution in [0, 0.1) is 13.8 Å². The van der Waals surface area contributed by atoms with E-state index in [9.17, 15) is 9.90 Å². The van der Waals surface area contributed by atoms with Crippen LogP contribution in [0.2, 0.25) is 0 Å². The summed E-state index contributed by atoms with van der Waals surface area (Å²) in [7, 11) is 0. The van der Waals surface area contributed by atoms with Gasteiger partial charge in [0.2, 0.25) is 0 Å². The average molecular weight is 465 g/mol. The molecule has 0 spiro atoms. The highest BCUT2D eigenvalue weighted by molar-refractivity contribution is 5.89. The molecule has 174 valence electrons. The predicted molar refractivity (Wildman–Crippen MR) is 135 cm³/mol. The quantitative estimate of drug-likeness (QED) is 0.298. The zero-order valence-corrected chi connectivity index (χ0v) is 19.6. The van der Waals surface area contributed by atoms with E-state index in [1.165, 1.54) is 6.20 Å². The molecule has 0 bridgehead atoms. The van der Waals surface area contributed by atoms with Crippen molar-refractivity contribution in [1.82, 2.24) is 15.0 Å². The minimum atomic E-state index is -0.998. The van der Waals surface area contributed by atoms with Crippen molar-refractivity contribution in [3.8, 4) is 22.4 Å². The van der Waals surface area contributed by atoms with Crippen molar-refractivity contribution in [3.63, 3.8) is 0 Å². The van der Waals surface area contributed by atoms with Crippen LogP contribution < -0.4 is 5.32 Å². The third-order valence-electron chi connectivity index (χ3n) is 5.97. The van der Waals surface area contributed by atoms with Gasteiger partial charge in [-0.05, 0) is 67.8 Å². The Kier molecular flexibility index (Phi) is 5.74. The van der Waals surface area contributed by atoms with E-state index in [1.807, 2.05) is 56.3 Å². The van der Waals surface area contributed by atoms with Crippen molar-refractivity contribution >= 4 is 22.8 Å². The summed E-state index contributed by atoms with van der Waals surface area (Å²) in [6.45, 7) is 5.96. The SMILES string of the molecule is Cc1nc(NC(C)c2cccc(-c3cncc(C(=O)O)c3)c2)cc(-c2ccc3occ(C)c3c2)n1. The van der Waals surface area contributed by atoms with Crippen LogP contribution in [0.25, 0.3) is 33.4 Å². The number of nitrogens with zero attached hydrogens (tertiary/aromatic N) is 3. The number of fused-ring (bicyclic) bond motifs is 1. The van der Waals surface area contributed by atoms with Crippen LogP contribution in [0.15, 0.2) is 77.7 Å². The lowest BCUT2D eigenvalue weighted by Crippen LogP contribution is -2.09. The first kappa shape index (κ1) is 22.3. The second-order valence-corrected chi connectivity index (χ2v) is 8.57. The van der Waals surface area contributed by atoms with Crippen molar-refractivity contribution in [2.24, 2.45) is 0 Å². The van der Waals surface area contributed by atoms with Crippen molar-refractivity contribution in [3.05, 3.63) is 95.8 Å². The highest BCUT2D eigenvalue weighted by atomic mass is 16.4. The first-order valence-corrected chi connectivity index (χ1v) is 11.3. The molecule has 5 aromatic rings. The average Bonchev–Trinajstić information content (AvgIpc) is 3.24. The standard InChI is InChI=1S/C28H24N4O3/c1-16-15-35-26-8-7-21(11-24(16)26)25-12-27(32-18(3)31-25)30-17(2)19-5-4-6-20(9-19)22-10-23(28(33)34)14-29-13-22/h4-15,17H,1-3H3,(H,33,34)(H,30,31,32). The van der Waals surface area contributed by atoms with Crippen LogP contribution in [0.4, 0.5) is 5.82 Å². The normalized spacial score (nSPS) is 12.0. The van der Waals surface area contributed by atoms with Crippen molar-refractivity contribution in [2.45, 2.75) is 26.8 Å². The highest BCUT2D eigenvalue weighted by Gasteiger charge is 2.13. The zero-order chi connectivity index (χ0) is 24.5. The Morgan fingerprint density at radius 3 is 2.66 bits per heavy atom. The van der Waals surface area contributed by atoms with Crippen LogP contribution in [-0.4, -0.2) is 26.0 Å². The van der Waals surface area contributed by atoms with Gasteiger partial charge in [-0.15, -0.1) is 0 Å². The van der Waals surface area contributed by atoms with E-state index in [4.69, 9.17) is 4.42 Å². The molecule has 0 fully saturated rings. The van der Waals surface area contributed by atoms with Gasteiger partial charge in [0.15, 0.2) is 0 Å². The molecule has 3 heterocycles. The van der Waals surface area contributed by atoms with E-state index >= 15 is 0 Å². The molecule has 0 aliphatic rings. The maximum atomic E-state index is 11.3. The van der Waals surface area contributed by atoms with E-state index in [1.54, 1.807) is 18.5 Å². The maximum Gasteiger partial charge on any atom is 0.337 e. The van der Waals surface area contributed by atoms with Crippen LogP contribution in [-0.2, 0) is 0 Å². The van der Waals surface area contributed by atoms with Gasteiger partial charge in [0, 0.05) is 41.0 Å². The fourth-order valence-corrected chi connectivity index (χ4v) is 4.11. The van der Waals surface area contributed by atoms with Gasteiger partial charge >= 0.3 is 5.97 Å². The molecule has 0 amide bonds. The van der Waals surface area contributed by atoms with Gasteiger partial charge < -0.3 is 14.8 Å². The van der Waals surface area contributed by atoms with Gasteiger partial charge in [-0.2, -0.15) is 0 Å². The Morgan fingerprint density at radius 2 is 1.83 bits per heavy atom. The number of rotatable bonds is 6. The summed E-state index contributed by atoms with van der Waals surface area (Å²) in [5, 5.41) is 13.8. The summed E-state index contributed by atoms with van der Waals surface area (Å²) in [5.41, 5.74) is 6.62. The third kappa shape index (κ3) is 4.61. The minimum absolute atomic E-state index is 0.0497. The number of aryl methyl sites for hydroxylation is 2. The number of furan rings is 1. The fraction of sp³-hybridized carbons (Fsp3) is 0.143. The number of hydrogen-bond donors (Lipinski definition) is 2. The summed E-state index contributed by atoms with van der Waals surface area (Å²) in [6.07, 6.45) is 4.78. The lowest BCUT2D eigenvalue weighted by molar-refractivity contribution is 0.0696. The first-order valence-electron chi connectivity index (χ1n) is 11.3. The van der Waals surface area contributed by atoms with Gasteiger partial charge in [-0.3, -0.25) is 4.98 Å². The molecule has 7 heteroatoms. The lowest BCUT2D eigenvalue weighted by atomic mass is 10.0. The Bertz CT molecular complexity index is 1560. The lowest BCUT2D eigenvalue weighted by Gasteiger charge is -2.17. The second-order valence-electron chi connectivity index (χ2n) is 8.57. The van der Waals surface area contributed by atoms with E-state index in [-0.39, 0.29) is 11.6 Å². The molecule has 1 unspecified atom stereocenters. The molecule has 2 aromatic carbocycles. The number of anilines is 1. The molecule has 3 aromatic heterocycles. The van der Waals surface area contributed by atoms with Crippen LogP contribution >= 0.6 is 0 Å². The maximum absolute atomic E-state index is 11.3. The van der Waals surface area contributed by atoms with Crippen LogP contribution in [0.1, 0.15) is 40.3 Å².